The van der Waals surface area contributed by atoms with Crippen LogP contribution in [-0.2, 0) is 0 Å². The van der Waals surface area contributed by atoms with E-state index >= 15 is 0 Å². The van der Waals surface area contributed by atoms with Crippen LogP contribution in [0.25, 0.3) is 0 Å². The maximum Gasteiger partial charge on any atom is 0.0267 e. The van der Waals surface area contributed by atoms with Crippen molar-refractivity contribution < 1.29 is 0 Å². The first-order chi connectivity index (χ1) is 9.46. The molecule has 1 aromatic heterocycles. The monoisotopic (exact) mass is 289 g/mol. The number of rotatable bonds is 0. The zero-order valence-electron chi connectivity index (χ0n) is 14.0. The van der Waals surface area contributed by atoms with Gasteiger partial charge in [-0.05, 0) is 24.0 Å². The fraction of sp³-hybridized carbons (Fsp3) is 0.450. The van der Waals surface area contributed by atoms with E-state index in [-0.39, 0.29) is 7.43 Å². The van der Waals surface area contributed by atoms with E-state index in [1.54, 1.807) is 12.4 Å². The van der Waals surface area contributed by atoms with E-state index in [0.717, 1.165) is 11.8 Å². The normalized spacial score (nSPS) is 8.00. The molecule has 120 valence electrons. The summed E-state index contributed by atoms with van der Waals surface area (Å²) in [7, 11) is 0. The van der Waals surface area contributed by atoms with Gasteiger partial charge in [-0.15, -0.1) is 0 Å². The van der Waals surface area contributed by atoms with Gasteiger partial charge >= 0.3 is 0 Å². The highest BCUT2D eigenvalue weighted by atomic mass is 14.6. The van der Waals surface area contributed by atoms with Gasteiger partial charge in [0.25, 0.3) is 0 Å². The molecule has 1 heteroatoms. The fourth-order valence-corrected chi connectivity index (χ4v) is 0.698. The highest BCUT2D eigenvalue weighted by Gasteiger charge is 1.68. The zero-order chi connectivity index (χ0) is 15.6. The van der Waals surface area contributed by atoms with Gasteiger partial charge in [0.15, 0.2) is 0 Å². The third-order valence-corrected chi connectivity index (χ3v) is 1.23. The van der Waals surface area contributed by atoms with Gasteiger partial charge in [-0.25, -0.2) is 0 Å². The van der Waals surface area contributed by atoms with E-state index in [1.807, 2.05) is 54.6 Å². The van der Waals surface area contributed by atoms with Crippen molar-refractivity contribution in [3.63, 3.8) is 0 Å². The zero-order valence-corrected chi connectivity index (χ0v) is 14.0. The largest absolute Gasteiger partial charge is 0.265 e. The predicted octanol–water partition coefficient (Wildman–Crippen LogP) is 6.73. The van der Waals surface area contributed by atoms with Gasteiger partial charge in [0.2, 0.25) is 0 Å². The Morgan fingerprint density at radius 3 is 0.762 bits per heavy atom. The van der Waals surface area contributed by atoms with E-state index in [1.165, 1.54) is 0 Å². The molecule has 0 saturated carbocycles. The maximum absolute atomic E-state index is 3.78. The van der Waals surface area contributed by atoms with Crippen LogP contribution in [0, 0.1) is 11.8 Å². The number of nitrogens with zero attached hydrogens (tertiary/aromatic N) is 1. The maximum atomic E-state index is 3.78. The lowest BCUT2D eigenvalue weighted by Crippen LogP contribution is -1.66. The van der Waals surface area contributed by atoms with Crippen molar-refractivity contribution in [2.24, 2.45) is 11.8 Å². The first kappa shape index (κ1) is 24.4. The molecule has 0 amide bonds. The summed E-state index contributed by atoms with van der Waals surface area (Å²) in [6.07, 6.45) is 3.50. The molecule has 0 radical (unpaired) electrons. The molecule has 1 aromatic carbocycles. The van der Waals surface area contributed by atoms with Gasteiger partial charge in [0.05, 0.1) is 0 Å². The highest BCUT2D eigenvalue weighted by Crippen LogP contribution is 1.81. The van der Waals surface area contributed by atoms with Gasteiger partial charge in [-0.3, -0.25) is 4.98 Å². The lowest BCUT2D eigenvalue weighted by atomic mass is 10.3. The summed E-state index contributed by atoms with van der Waals surface area (Å²) >= 11 is 0. The smallest absolute Gasteiger partial charge is 0.0267 e. The second-order valence-corrected chi connectivity index (χ2v) is 5.64. The van der Waals surface area contributed by atoms with Gasteiger partial charge < -0.3 is 0 Å². The molecule has 0 aliphatic heterocycles. The Labute approximate surface area is 133 Å². The average molecular weight is 290 g/mol. The molecule has 0 aliphatic carbocycles. The van der Waals surface area contributed by atoms with Crippen LogP contribution in [0.2, 0.25) is 0 Å². The number of benzene rings is 1. The number of aromatic nitrogens is 1. The van der Waals surface area contributed by atoms with E-state index in [4.69, 9.17) is 0 Å². The topological polar surface area (TPSA) is 12.9 Å². The third kappa shape index (κ3) is 45.8. The molecule has 0 spiro atoms. The molecule has 21 heavy (non-hydrogen) atoms. The van der Waals surface area contributed by atoms with Gasteiger partial charge in [0.1, 0.15) is 0 Å². The summed E-state index contributed by atoms with van der Waals surface area (Å²) in [5, 5.41) is 0. The number of pyridine rings is 1. The third-order valence-electron chi connectivity index (χ3n) is 1.23. The molecular weight excluding hydrogens is 254 g/mol. The first-order valence-electron chi connectivity index (χ1n) is 7.31. The Morgan fingerprint density at radius 2 is 0.667 bits per heavy atom. The highest BCUT2D eigenvalue weighted by molar-refractivity contribution is 4.99. The Morgan fingerprint density at radius 1 is 0.476 bits per heavy atom. The summed E-state index contributed by atoms with van der Waals surface area (Å²) in [5.74, 6) is 1.67. The SMILES string of the molecule is C.CC(C)C.CC(C)C.c1ccccc1.c1ccncc1. The standard InChI is InChI=1S/C6H6.C5H5N.2C4H10.CH4/c2*1-2-4-6-5-3-1;2*1-4(2)3;/h1-6H;1-5H;2*4H,1-3H3;1H4. The van der Waals surface area contributed by atoms with E-state index in [2.05, 4.69) is 46.5 Å². The fourth-order valence-electron chi connectivity index (χ4n) is 0.698. The molecule has 2 aromatic rings. The predicted molar refractivity (Wildman–Crippen MR) is 98.4 cm³/mol. The Kier molecular flexibility index (Phi) is 24.0. The van der Waals surface area contributed by atoms with Crippen molar-refractivity contribution in [3.05, 3.63) is 67.0 Å². The summed E-state index contributed by atoms with van der Waals surface area (Å²) in [4.78, 5) is 3.78. The van der Waals surface area contributed by atoms with Crippen molar-refractivity contribution in [2.45, 2.75) is 49.0 Å². The van der Waals surface area contributed by atoms with Crippen LogP contribution >= 0.6 is 0 Å². The average Bonchev–Trinajstić information content (AvgIpc) is 2.42. The van der Waals surface area contributed by atoms with Crippen LogP contribution in [0.3, 0.4) is 0 Å². The molecule has 0 fully saturated rings. The van der Waals surface area contributed by atoms with E-state index in [0.29, 0.717) is 0 Å². The molecule has 0 aliphatic rings. The van der Waals surface area contributed by atoms with Crippen molar-refractivity contribution in [3.8, 4) is 0 Å². The lowest BCUT2D eigenvalue weighted by molar-refractivity contribution is 0.736. The molecule has 0 saturated heterocycles. The molecular formula is C20H35N. The Hall–Kier alpha value is -1.63. The van der Waals surface area contributed by atoms with Crippen molar-refractivity contribution in [2.75, 3.05) is 0 Å². The molecule has 0 bridgehead atoms. The lowest BCUT2D eigenvalue weighted by Gasteiger charge is -1.79. The molecule has 2 rings (SSSR count). The second kappa shape index (κ2) is 20.7. The van der Waals surface area contributed by atoms with Crippen LogP contribution in [0.15, 0.2) is 67.0 Å². The number of hydrogen-bond donors (Lipinski definition) is 0. The van der Waals surface area contributed by atoms with Gasteiger partial charge in [-0.1, -0.05) is 91.4 Å². The summed E-state index contributed by atoms with van der Waals surface area (Å²) in [6, 6.07) is 17.7. The summed E-state index contributed by atoms with van der Waals surface area (Å²) in [5.41, 5.74) is 0. The van der Waals surface area contributed by atoms with Crippen molar-refractivity contribution >= 4 is 0 Å². The molecule has 0 unspecified atom stereocenters. The minimum atomic E-state index is 0. The van der Waals surface area contributed by atoms with E-state index < -0.39 is 0 Å². The van der Waals surface area contributed by atoms with Crippen LogP contribution < -0.4 is 0 Å². The molecule has 1 nitrogen and oxygen atoms in total. The minimum absolute atomic E-state index is 0. The van der Waals surface area contributed by atoms with Crippen LogP contribution in [-0.4, -0.2) is 4.98 Å². The van der Waals surface area contributed by atoms with Crippen LogP contribution in [0.1, 0.15) is 49.0 Å². The van der Waals surface area contributed by atoms with Gasteiger partial charge in [-0.2, -0.15) is 0 Å². The summed E-state index contributed by atoms with van der Waals surface area (Å²) in [6.45, 7) is 13.0. The minimum Gasteiger partial charge on any atom is -0.265 e. The van der Waals surface area contributed by atoms with Gasteiger partial charge in [0, 0.05) is 12.4 Å². The second-order valence-electron chi connectivity index (χ2n) is 5.64. The molecule has 1 heterocycles. The first-order valence-corrected chi connectivity index (χ1v) is 7.31. The van der Waals surface area contributed by atoms with Crippen LogP contribution in [0.5, 0.6) is 0 Å². The van der Waals surface area contributed by atoms with E-state index in [9.17, 15) is 0 Å². The Bertz CT molecular complexity index is 244. The Balaban J connectivity index is -0.000000208. The quantitative estimate of drug-likeness (QED) is 0.524. The van der Waals surface area contributed by atoms with Crippen LogP contribution in [0.4, 0.5) is 0 Å². The van der Waals surface area contributed by atoms with Crippen molar-refractivity contribution in [1.82, 2.24) is 4.98 Å². The van der Waals surface area contributed by atoms with Crippen molar-refractivity contribution in [1.29, 1.82) is 0 Å². The number of hydrogen-bond acceptors (Lipinski definition) is 1. The summed E-state index contributed by atoms with van der Waals surface area (Å²) < 4.78 is 0. The molecule has 0 atom stereocenters. The molecule has 0 N–H and O–H groups in total.